The third-order valence-corrected chi connectivity index (χ3v) is 3.34. The van der Waals surface area contributed by atoms with Crippen molar-refractivity contribution in [2.75, 3.05) is 11.5 Å². The predicted octanol–water partition coefficient (Wildman–Crippen LogP) is 2.47. The van der Waals surface area contributed by atoms with Crippen molar-refractivity contribution in [3.63, 3.8) is 0 Å². The summed E-state index contributed by atoms with van der Waals surface area (Å²) in [5, 5.41) is 0. The Labute approximate surface area is 97.8 Å². The van der Waals surface area contributed by atoms with Gasteiger partial charge in [0, 0.05) is 34.6 Å². The summed E-state index contributed by atoms with van der Waals surface area (Å²) in [7, 11) is 0. The molecule has 78 valence electrons. The molecule has 0 radical (unpaired) electrons. The average molecular weight is 275 g/mol. The molecule has 0 spiro atoms. The number of hydrogen-bond acceptors (Lipinski definition) is 3. The van der Waals surface area contributed by atoms with Crippen molar-refractivity contribution in [1.29, 1.82) is 0 Å². The Balaban J connectivity index is 2.39. The van der Waals surface area contributed by atoms with Crippen LogP contribution in [0.3, 0.4) is 0 Å². The van der Waals surface area contributed by atoms with Gasteiger partial charge in [-0.25, -0.2) is 0 Å². The zero-order valence-electron chi connectivity index (χ0n) is 8.24. The van der Waals surface area contributed by atoms with Crippen molar-refractivity contribution in [2.24, 2.45) is 5.73 Å². The molecule has 4 heteroatoms. The lowest BCUT2D eigenvalue weighted by molar-refractivity contribution is 0.732. The molecule has 0 fully saturated rings. The zero-order chi connectivity index (χ0) is 10.4. The fourth-order valence-corrected chi connectivity index (χ4v) is 2.01. The number of halogens is 1. The van der Waals surface area contributed by atoms with Gasteiger partial charge in [0.25, 0.3) is 0 Å². The molecule has 1 aromatic heterocycles. The highest BCUT2D eigenvalue weighted by Gasteiger charge is 2.04. The summed E-state index contributed by atoms with van der Waals surface area (Å²) in [5.74, 6) is 2.13. The van der Waals surface area contributed by atoms with Gasteiger partial charge in [-0.05, 0) is 33.8 Å². The quantitative estimate of drug-likeness (QED) is 0.897. The van der Waals surface area contributed by atoms with Crippen LogP contribution in [0.5, 0.6) is 0 Å². The van der Waals surface area contributed by atoms with E-state index in [4.69, 9.17) is 5.73 Å². The molecule has 1 rings (SSSR count). The van der Waals surface area contributed by atoms with Crippen molar-refractivity contribution >= 4 is 27.7 Å². The number of nitrogens with zero attached hydrogens (tertiary/aromatic N) is 1. The summed E-state index contributed by atoms with van der Waals surface area (Å²) in [5.41, 5.74) is 7.02. The van der Waals surface area contributed by atoms with Crippen molar-refractivity contribution < 1.29 is 0 Å². The first-order valence-corrected chi connectivity index (χ1v) is 6.61. The van der Waals surface area contributed by atoms with Crippen molar-refractivity contribution in [3.8, 4) is 0 Å². The molecule has 0 aliphatic heterocycles. The summed E-state index contributed by atoms with van der Waals surface area (Å²) in [6, 6.07) is 4.23. The van der Waals surface area contributed by atoms with Gasteiger partial charge in [-0.15, -0.1) is 0 Å². The average Bonchev–Trinajstić information content (AvgIpc) is 2.18. The standard InChI is InChI=1S/C10H15BrN2S/c1-2-14-7-9(12)5-10-4-3-8(11)6-13-10/h3-4,6,9H,2,5,7,12H2,1H3. The van der Waals surface area contributed by atoms with E-state index in [1.165, 1.54) is 0 Å². The van der Waals surface area contributed by atoms with Gasteiger partial charge in [0.1, 0.15) is 0 Å². The maximum Gasteiger partial charge on any atom is 0.0420 e. The molecular weight excluding hydrogens is 260 g/mol. The van der Waals surface area contributed by atoms with E-state index in [9.17, 15) is 0 Å². The zero-order valence-corrected chi connectivity index (χ0v) is 10.6. The van der Waals surface area contributed by atoms with Crippen LogP contribution >= 0.6 is 27.7 Å². The lowest BCUT2D eigenvalue weighted by atomic mass is 10.2. The molecule has 0 bridgehead atoms. The molecule has 1 heterocycles. The lowest BCUT2D eigenvalue weighted by Crippen LogP contribution is -2.26. The van der Waals surface area contributed by atoms with E-state index >= 15 is 0 Å². The second-order valence-corrected chi connectivity index (χ2v) is 5.33. The molecule has 14 heavy (non-hydrogen) atoms. The van der Waals surface area contributed by atoms with E-state index in [0.29, 0.717) is 0 Å². The van der Waals surface area contributed by atoms with Gasteiger partial charge in [0.05, 0.1) is 0 Å². The number of thioether (sulfide) groups is 1. The Kier molecular flexibility index (Phi) is 5.52. The lowest BCUT2D eigenvalue weighted by Gasteiger charge is -2.09. The summed E-state index contributed by atoms with van der Waals surface area (Å²) in [4.78, 5) is 4.29. The van der Waals surface area contributed by atoms with Gasteiger partial charge >= 0.3 is 0 Å². The van der Waals surface area contributed by atoms with Crippen molar-refractivity contribution in [2.45, 2.75) is 19.4 Å². The third kappa shape index (κ3) is 4.44. The van der Waals surface area contributed by atoms with E-state index in [0.717, 1.165) is 28.1 Å². The molecule has 0 amide bonds. The second kappa shape index (κ2) is 6.43. The normalized spacial score (nSPS) is 12.8. The smallest absolute Gasteiger partial charge is 0.0420 e. The summed E-state index contributed by atoms with van der Waals surface area (Å²) >= 11 is 5.23. The Morgan fingerprint density at radius 2 is 2.36 bits per heavy atom. The van der Waals surface area contributed by atoms with Crippen LogP contribution in [-0.4, -0.2) is 22.5 Å². The fraction of sp³-hybridized carbons (Fsp3) is 0.500. The second-order valence-electron chi connectivity index (χ2n) is 3.09. The number of rotatable bonds is 5. The fourth-order valence-electron chi connectivity index (χ4n) is 1.12. The number of nitrogens with two attached hydrogens (primary N) is 1. The maximum absolute atomic E-state index is 5.96. The van der Waals surface area contributed by atoms with Crippen LogP contribution in [0.25, 0.3) is 0 Å². The van der Waals surface area contributed by atoms with Crippen LogP contribution in [0.4, 0.5) is 0 Å². The summed E-state index contributed by atoms with van der Waals surface area (Å²) in [6.45, 7) is 2.15. The SMILES string of the molecule is CCSCC(N)Cc1ccc(Br)cn1. The van der Waals surface area contributed by atoms with E-state index in [1.807, 2.05) is 30.1 Å². The summed E-state index contributed by atoms with van der Waals surface area (Å²) < 4.78 is 1.01. The van der Waals surface area contributed by atoms with Gasteiger partial charge in [-0.1, -0.05) is 6.92 Å². The molecular formula is C10H15BrN2S. The first kappa shape index (κ1) is 12.0. The molecule has 1 atom stereocenters. The molecule has 0 saturated carbocycles. The van der Waals surface area contributed by atoms with E-state index in [-0.39, 0.29) is 6.04 Å². The number of aromatic nitrogens is 1. The molecule has 1 aromatic rings. The van der Waals surface area contributed by atoms with Gasteiger partial charge in [-0.2, -0.15) is 11.8 Å². The van der Waals surface area contributed by atoms with E-state index in [2.05, 4.69) is 27.8 Å². The first-order chi connectivity index (χ1) is 6.72. The molecule has 0 aromatic carbocycles. The minimum absolute atomic E-state index is 0.216. The highest BCUT2D eigenvalue weighted by atomic mass is 79.9. The number of hydrogen-bond donors (Lipinski definition) is 1. The molecule has 0 saturated heterocycles. The van der Waals surface area contributed by atoms with E-state index < -0.39 is 0 Å². The largest absolute Gasteiger partial charge is 0.327 e. The van der Waals surface area contributed by atoms with Gasteiger partial charge in [0.15, 0.2) is 0 Å². The minimum Gasteiger partial charge on any atom is -0.327 e. The van der Waals surface area contributed by atoms with Gasteiger partial charge in [-0.3, -0.25) is 4.98 Å². The van der Waals surface area contributed by atoms with Crippen LogP contribution in [-0.2, 0) is 6.42 Å². The topological polar surface area (TPSA) is 38.9 Å². The maximum atomic E-state index is 5.96. The highest BCUT2D eigenvalue weighted by molar-refractivity contribution is 9.10. The Morgan fingerprint density at radius 1 is 1.57 bits per heavy atom. The molecule has 0 aliphatic carbocycles. The summed E-state index contributed by atoms with van der Waals surface area (Å²) in [6.07, 6.45) is 2.68. The number of pyridine rings is 1. The van der Waals surface area contributed by atoms with Gasteiger partial charge in [0.2, 0.25) is 0 Å². The van der Waals surface area contributed by atoms with Crippen LogP contribution in [0.15, 0.2) is 22.8 Å². The molecule has 1 unspecified atom stereocenters. The third-order valence-electron chi connectivity index (χ3n) is 1.80. The monoisotopic (exact) mass is 274 g/mol. The Morgan fingerprint density at radius 3 is 2.93 bits per heavy atom. The van der Waals surface area contributed by atoms with Crippen molar-refractivity contribution in [3.05, 3.63) is 28.5 Å². The Hall–Kier alpha value is -0.0600. The van der Waals surface area contributed by atoms with Crippen LogP contribution in [0.2, 0.25) is 0 Å². The predicted molar refractivity (Wildman–Crippen MR) is 66.6 cm³/mol. The Bertz CT molecular complexity index is 263. The van der Waals surface area contributed by atoms with E-state index in [1.54, 1.807) is 0 Å². The van der Waals surface area contributed by atoms with Crippen LogP contribution < -0.4 is 5.73 Å². The molecule has 0 aliphatic rings. The van der Waals surface area contributed by atoms with Crippen LogP contribution in [0, 0.1) is 0 Å². The van der Waals surface area contributed by atoms with Crippen LogP contribution in [0.1, 0.15) is 12.6 Å². The molecule has 2 N–H and O–H groups in total. The first-order valence-electron chi connectivity index (χ1n) is 4.66. The molecule has 2 nitrogen and oxygen atoms in total. The minimum atomic E-state index is 0.216. The van der Waals surface area contributed by atoms with Gasteiger partial charge < -0.3 is 5.73 Å². The van der Waals surface area contributed by atoms with Crippen molar-refractivity contribution in [1.82, 2.24) is 4.98 Å². The highest BCUT2D eigenvalue weighted by Crippen LogP contribution is 2.09.